The highest BCUT2D eigenvalue weighted by Gasteiger charge is 2.24. The van der Waals surface area contributed by atoms with Crippen molar-refractivity contribution in [3.63, 3.8) is 0 Å². The molecule has 0 aromatic heterocycles. The van der Waals surface area contributed by atoms with E-state index >= 15 is 0 Å². The zero-order valence-corrected chi connectivity index (χ0v) is 12.6. The van der Waals surface area contributed by atoms with Gasteiger partial charge in [-0.25, -0.2) is 17.2 Å². The van der Waals surface area contributed by atoms with Crippen molar-refractivity contribution < 1.29 is 17.2 Å². The van der Waals surface area contributed by atoms with Crippen LogP contribution in [0.4, 0.5) is 8.78 Å². The molecular weight excluding hydrogens is 300 g/mol. The molecule has 5 nitrogen and oxygen atoms in total. The number of benzene rings is 1. The van der Waals surface area contributed by atoms with Gasteiger partial charge in [-0.3, -0.25) is 4.90 Å². The molecule has 118 valence electrons. The molecule has 1 aliphatic rings. The van der Waals surface area contributed by atoms with Crippen LogP contribution in [0.5, 0.6) is 0 Å². The molecule has 0 saturated carbocycles. The van der Waals surface area contributed by atoms with Crippen LogP contribution in [0.3, 0.4) is 0 Å². The number of nitrogens with zero attached hydrogens (tertiary/aromatic N) is 2. The second-order valence-corrected chi connectivity index (χ2v) is 7.23. The summed E-state index contributed by atoms with van der Waals surface area (Å²) in [5, 5.41) is 0. The second kappa shape index (κ2) is 6.35. The molecule has 1 atom stereocenters. The maximum atomic E-state index is 13.2. The quantitative estimate of drug-likeness (QED) is 0.880. The summed E-state index contributed by atoms with van der Waals surface area (Å²) < 4.78 is 50.3. The van der Waals surface area contributed by atoms with Gasteiger partial charge >= 0.3 is 0 Å². The molecule has 1 aromatic rings. The molecule has 0 radical (unpaired) electrons. The number of sulfonamides is 1. The molecule has 1 fully saturated rings. The first-order valence-electron chi connectivity index (χ1n) is 6.65. The first-order chi connectivity index (χ1) is 9.77. The van der Waals surface area contributed by atoms with E-state index in [1.807, 2.05) is 4.90 Å². The average Bonchev–Trinajstić information content (AvgIpc) is 2.41. The number of hydrogen-bond donors (Lipinski definition) is 1. The van der Waals surface area contributed by atoms with Gasteiger partial charge in [-0.05, 0) is 17.7 Å². The minimum atomic E-state index is -3.16. The minimum absolute atomic E-state index is 0.420. The van der Waals surface area contributed by atoms with Crippen LogP contribution in [0.2, 0.25) is 0 Å². The molecule has 1 aromatic carbocycles. The Hall–Kier alpha value is -1.09. The molecule has 1 saturated heterocycles. The van der Waals surface area contributed by atoms with Crippen LogP contribution in [0.1, 0.15) is 11.6 Å². The lowest BCUT2D eigenvalue weighted by Crippen LogP contribution is -2.49. The average molecular weight is 319 g/mol. The Morgan fingerprint density at radius 2 is 1.81 bits per heavy atom. The molecule has 1 heterocycles. The minimum Gasteiger partial charge on any atom is -0.323 e. The summed E-state index contributed by atoms with van der Waals surface area (Å²) in [5.74, 6) is -1.81. The van der Waals surface area contributed by atoms with Gasteiger partial charge in [0.1, 0.15) is 0 Å². The third kappa shape index (κ3) is 4.19. The van der Waals surface area contributed by atoms with E-state index in [1.165, 1.54) is 16.6 Å². The van der Waals surface area contributed by atoms with Crippen LogP contribution in [0.25, 0.3) is 0 Å². The lowest BCUT2D eigenvalue weighted by molar-refractivity contribution is 0.180. The molecular formula is C13H19F2N3O2S. The van der Waals surface area contributed by atoms with Gasteiger partial charge in [-0.2, -0.15) is 4.31 Å². The van der Waals surface area contributed by atoms with Crippen LogP contribution in [-0.4, -0.2) is 56.6 Å². The first kappa shape index (κ1) is 16.3. The van der Waals surface area contributed by atoms with Crippen molar-refractivity contribution in [1.29, 1.82) is 0 Å². The van der Waals surface area contributed by atoms with E-state index in [-0.39, 0.29) is 0 Å². The SMILES string of the molecule is CS(=O)(=O)N1CCN(CC(N)c2ccc(F)c(F)c2)CC1. The zero-order valence-electron chi connectivity index (χ0n) is 11.8. The van der Waals surface area contributed by atoms with Gasteiger partial charge in [0.05, 0.1) is 6.26 Å². The van der Waals surface area contributed by atoms with Gasteiger partial charge in [0.25, 0.3) is 0 Å². The van der Waals surface area contributed by atoms with E-state index in [9.17, 15) is 17.2 Å². The number of hydrogen-bond acceptors (Lipinski definition) is 4. The molecule has 0 bridgehead atoms. The molecule has 8 heteroatoms. The molecule has 2 N–H and O–H groups in total. The van der Waals surface area contributed by atoms with Gasteiger partial charge in [0, 0.05) is 38.8 Å². The largest absolute Gasteiger partial charge is 0.323 e. The summed E-state index contributed by atoms with van der Waals surface area (Å²) in [5.41, 5.74) is 6.53. The zero-order chi connectivity index (χ0) is 15.6. The summed E-state index contributed by atoms with van der Waals surface area (Å²) in [6.07, 6.45) is 1.19. The molecule has 0 aliphatic carbocycles. The van der Waals surface area contributed by atoms with Gasteiger partial charge in [-0.15, -0.1) is 0 Å². The van der Waals surface area contributed by atoms with E-state index in [0.29, 0.717) is 38.3 Å². The Kier molecular flexibility index (Phi) is 4.92. The fourth-order valence-electron chi connectivity index (χ4n) is 2.37. The van der Waals surface area contributed by atoms with Crippen molar-refractivity contribution in [3.8, 4) is 0 Å². The van der Waals surface area contributed by atoms with Crippen LogP contribution in [0.15, 0.2) is 18.2 Å². The first-order valence-corrected chi connectivity index (χ1v) is 8.50. The van der Waals surface area contributed by atoms with Gasteiger partial charge < -0.3 is 5.73 Å². The topological polar surface area (TPSA) is 66.6 Å². The smallest absolute Gasteiger partial charge is 0.211 e. The lowest BCUT2D eigenvalue weighted by Gasteiger charge is -2.34. The summed E-state index contributed by atoms with van der Waals surface area (Å²) in [6.45, 7) is 2.46. The fraction of sp³-hybridized carbons (Fsp3) is 0.538. The summed E-state index contributed by atoms with van der Waals surface area (Å²) in [4.78, 5) is 2.02. The molecule has 1 unspecified atom stereocenters. The highest BCUT2D eigenvalue weighted by molar-refractivity contribution is 7.88. The van der Waals surface area contributed by atoms with Crippen molar-refractivity contribution in [1.82, 2.24) is 9.21 Å². The van der Waals surface area contributed by atoms with Crippen LogP contribution in [-0.2, 0) is 10.0 Å². The molecule has 1 aliphatic heterocycles. The Balaban J connectivity index is 1.92. The Labute approximate surface area is 123 Å². The second-order valence-electron chi connectivity index (χ2n) is 5.24. The molecule has 21 heavy (non-hydrogen) atoms. The van der Waals surface area contributed by atoms with Crippen LogP contribution in [0, 0.1) is 11.6 Å². The van der Waals surface area contributed by atoms with E-state index in [2.05, 4.69) is 0 Å². The lowest BCUT2D eigenvalue weighted by atomic mass is 10.1. The maximum Gasteiger partial charge on any atom is 0.211 e. The normalized spacial score (nSPS) is 19.6. The third-order valence-corrected chi connectivity index (χ3v) is 4.93. The molecule has 0 spiro atoms. The van der Waals surface area contributed by atoms with Crippen molar-refractivity contribution >= 4 is 10.0 Å². The monoisotopic (exact) mass is 319 g/mol. The van der Waals surface area contributed by atoms with Gasteiger partial charge in [0.2, 0.25) is 10.0 Å². The van der Waals surface area contributed by atoms with Crippen molar-refractivity contribution in [3.05, 3.63) is 35.4 Å². The standard InChI is InChI=1S/C13H19F2N3O2S/c1-21(19,20)18-6-4-17(5-7-18)9-13(16)10-2-3-11(14)12(15)8-10/h2-3,8,13H,4-7,9,16H2,1H3. The van der Waals surface area contributed by atoms with Crippen molar-refractivity contribution in [2.24, 2.45) is 5.73 Å². The number of nitrogens with two attached hydrogens (primary N) is 1. The predicted molar refractivity (Wildman–Crippen MR) is 76.1 cm³/mol. The highest BCUT2D eigenvalue weighted by Crippen LogP contribution is 2.17. The van der Waals surface area contributed by atoms with E-state index in [0.717, 1.165) is 12.1 Å². The van der Waals surface area contributed by atoms with Crippen molar-refractivity contribution in [2.45, 2.75) is 6.04 Å². The summed E-state index contributed by atoms with van der Waals surface area (Å²) in [7, 11) is -3.16. The number of rotatable bonds is 4. The van der Waals surface area contributed by atoms with Crippen molar-refractivity contribution in [2.75, 3.05) is 39.0 Å². The van der Waals surface area contributed by atoms with E-state index in [4.69, 9.17) is 5.73 Å². The number of halogens is 2. The van der Waals surface area contributed by atoms with E-state index in [1.54, 1.807) is 0 Å². The maximum absolute atomic E-state index is 13.2. The van der Waals surface area contributed by atoms with E-state index < -0.39 is 27.7 Å². The molecule has 2 rings (SSSR count). The Morgan fingerprint density at radius 3 is 2.33 bits per heavy atom. The van der Waals surface area contributed by atoms with Crippen LogP contribution < -0.4 is 5.73 Å². The van der Waals surface area contributed by atoms with Gasteiger partial charge in [-0.1, -0.05) is 6.07 Å². The third-order valence-electron chi connectivity index (χ3n) is 3.63. The summed E-state index contributed by atoms with van der Waals surface area (Å²) in [6, 6.07) is 3.19. The van der Waals surface area contributed by atoms with Crippen LogP contribution >= 0.6 is 0 Å². The Morgan fingerprint density at radius 1 is 1.19 bits per heavy atom. The number of piperazine rings is 1. The Bertz CT molecular complexity index is 601. The summed E-state index contributed by atoms with van der Waals surface area (Å²) >= 11 is 0. The predicted octanol–water partition coefficient (Wildman–Crippen LogP) is 0.542. The fourth-order valence-corrected chi connectivity index (χ4v) is 3.20. The highest BCUT2D eigenvalue weighted by atomic mass is 32.2. The molecule has 0 amide bonds. The van der Waals surface area contributed by atoms with Gasteiger partial charge in [0.15, 0.2) is 11.6 Å².